The van der Waals surface area contributed by atoms with Gasteiger partial charge in [0.05, 0.1) is 0 Å². The fourth-order valence-electron chi connectivity index (χ4n) is 4.74. The molecule has 6 nitrogen and oxygen atoms in total. The number of rotatable bonds is 6. The summed E-state index contributed by atoms with van der Waals surface area (Å²) in [6.07, 6.45) is 0. The maximum Gasteiger partial charge on any atom is 0.164 e. The molecule has 0 aliphatic heterocycles. The molecular formula is C36H23ClN6. The van der Waals surface area contributed by atoms with E-state index in [1.54, 1.807) is 0 Å². The molecule has 0 aliphatic rings. The highest BCUT2D eigenvalue weighted by molar-refractivity contribution is 6.30. The zero-order valence-corrected chi connectivity index (χ0v) is 23.6. The van der Waals surface area contributed by atoms with Crippen LogP contribution in [0.3, 0.4) is 0 Å². The van der Waals surface area contributed by atoms with Crippen LogP contribution in [0.25, 0.3) is 68.3 Å². The normalized spacial score (nSPS) is 10.9. The molecule has 0 spiro atoms. The minimum absolute atomic E-state index is 0.511. The minimum atomic E-state index is 0.511. The topological polar surface area (TPSA) is 77.3 Å². The van der Waals surface area contributed by atoms with Gasteiger partial charge in [-0.05, 0) is 24.3 Å². The van der Waals surface area contributed by atoms with Crippen molar-refractivity contribution in [3.63, 3.8) is 0 Å². The summed E-state index contributed by atoms with van der Waals surface area (Å²) in [4.78, 5) is 29.5. The molecule has 0 N–H and O–H groups in total. The zero-order valence-electron chi connectivity index (χ0n) is 22.8. The van der Waals surface area contributed by atoms with Crippen molar-refractivity contribution in [3.8, 4) is 68.3 Å². The summed E-state index contributed by atoms with van der Waals surface area (Å²) in [7, 11) is 0. The van der Waals surface area contributed by atoms with Gasteiger partial charge in [-0.15, -0.1) is 0 Å². The third-order valence-corrected chi connectivity index (χ3v) is 7.13. The van der Waals surface area contributed by atoms with Crippen LogP contribution in [-0.4, -0.2) is 29.9 Å². The van der Waals surface area contributed by atoms with Crippen molar-refractivity contribution in [1.29, 1.82) is 0 Å². The molecule has 0 fully saturated rings. The van der Waals surface area contributed by atoms with Gasteiger partial charge in [-0.3, -0.25) is 0 Å². The van der Waals surface area contributed by atoms with E-state index in [9.17, 15) is 0 Å². The highest BCUT2D eigenvalue weighted by atomic mass is 35.5. The van der Waals surface area contributed by atoms with E-state index < -0.39 is 0 Å². The van der Waals surface area contributed by atoms with Gasteiger partial charge in [-0.25, -0.2) is 29.9 Å². The molecular weight excluding hydrogens is 552 g/mol. The highest BCUT2D eigenvalue weighted by Gasteiger charge is 2.19. The van der Waals surface area contributed by atoms with Gasteiger partial charge in [0.2, 0.25) is 0 Å². The van der Waals surface area contributed by atoms with Crippen LogP contribution in [0.1, 0.15) is 0 Å². The van der Waals surface area contributed by atoms with E-state index in [1.807, 2.05) is 140 Å². The van der Waals surface area contributed by atoms with Crippen LogP contribution in [0.15, 0.2) is 140 Å². The van der Waals surface area contributed by atoms with Gasteiger partial charge in [0, 0.05) is 38.4 Å². The van der Waals surface area contributed by atoms with E-state index in [0.717, 1.165) is 33.4 Å². The van der Waals surface area contributed by atoms with Crippen molar-refractivity contribution >= 4 is 11.6 Å². The summed E-state index contributed by atoms with van der Waals surface area (Å²) in [5.74, 6) is 3.32. The minimum Gasteiger partial charge on any atom is -0.208 e. The number of nitrogens with zero attached hydrogens (tertiary/aromatic N) is 6. The lowest BCUT2D eigenvalue weighted by atomic mass is 10.1. The van der Waals surface area contributed by atoms with Gasteiger partial charge in [0.1, 0.15) is 0 Å². The van der Waals surface area contributed by atoms with Crippen LogP contribution < -0.4 is 0 Å². The van der Waals surface area contributed by atoms with E-state index in [1.165, 1.54) is 0 Å². The van der Waals surface area contributed by atoms with Gasteiger partial charge >= 0.3 is 0 Å². The lowest BCUT2D eigenvalue weighted by Gasteiger charge is -2.13. The summed E-state index contributed by atoms with van der Waals surface area (Å²) >= 11 is 6.18. The molecule has 0 saturated carbocycles. The number of halogens is 1. The first-order chi connectivity index (χ1) is 21.2. The average Bonchev–Trinajstić information content (AvgIpc) is 3.09. The summed E-state index contributed by atoms with van der Waals surface area (Å²) in [5.41, 5.74) is 5.08. The van der Waals surface area contributed by atoms with Crippen LogP contribution in [-0.2, 0) is 0 Å². The van der Waals surface area contributed by atoms with Crippen LogP contribution in [0.4, 0.5) is 0 Å². The molecule has 2 aromatic heterocycles. The lowest BCUT2D eigenvalue weighted by molar-refractivity contribution is 1.06. The van der Waals surface area contributed by atoms with Crippen LogP contribution >= 0.6 is 11.6 Å². The maximum absolute atomic E-state index is 6.18. The third kappa shape index (κ3) is 5.64. The molecule has 0 atom stereocenters. The van der Waals surface area contributed by atoms with Crippen molar-refractivity contribution in [2.45, 2.75) is 0 Å². The second-order valence-corrected chi connectivity index (χ2v) is 10.2. The molecule has 0 saturated heterocycles. The smallest absolute Gasteiger partial charge is 0.164 e. The second-order valence-electron chi connectivity index (χ2n) is 9.76. The van der Waals surface area contributed by atoms with Gasteiger partial charge in [0.15, 0.2) is 34.9 Å². The van der Waals surface area contributed by atoms with Crippen LogP contribution in [0.2, 0.25) is 5.02 Å². The number of hydrogen-bond donors (Lipinski definition) is 0. The highest BCUT2D eigenvalue weighted by Crippen LogP contribution is 2.33. The predicted octanol–water partition coefficient (Wildman–Crippen LogP) is 8.71. The Balaban J connectivity index is 1.44. The molecule has 0 bridgehead atoms. The number of benzene rings is 5. The van der Waals surface area contributed by atoms with Crippen LogP contribution in [0, 0.1) is 0 Å². The molecule has 7 rings (SSSR count). The molecule has 0 aliphatic carbocycles. The summed E-state index contributed by atoms with van der Waals surface area (Å²) in [5, 5.41) is 0.643. The summed E-state index contributed by atoms with van der Waals surface area (Å²) in [6.45, 7) is 0. The molecule has 7 heteroatoms. The largest absolute Gasteiger partial charge is 0.208 e. The molecule has 5 aromatic carbocycles. The monoisotopic (exact) mass is 574 g/mol. The first kappa shape index (κ1) is 26.3. The Labute approximate surface area is 253 Å². The van der Waals surface area contributed by atoms with E-state index in [0.29, 0.717) is 40.0 Å². The molecule has 0 unspecified atom stereocenters. The van der Waals surface area contributed by atoms with Gasteiger partial charge in [-0.1, -0.05) is 127 Å². The Hall–Kier alpha value is -5.59. The molecule has 7 aromatic rings. The molecule has 0 radical (unpaired) electrons. The quantitative estimate of drug-likeness (QED) is 0.198. The average molecular weight is 575 g/mol. The fraction of sp³-hybridized carbons (Fsp3) is 0. The standard InChI is InChI=1S/C36H23ClN6/c37-28-22-20-27(21-23-28)34-39-33(26-16-8-3-9-17-26)42-36(43-34)30-19-11-10-18-29(30)35-40-31(24-12-4-1-5-13-24)38-32(41-35)25-14-6-2-7-15-25/h1-23H. The molecule has 43 heavy (non-hydrogen) atoms. The summed E-state index contributed by atoms with van der Waals surface area (Å²) < 4.78 is 0. The van der Waals surface area contributed by atoms with Gasteiger partial charge in [-0.2, -0.15) is 0 Å². The van der Waals surface area contributed by atoms with E-state index >= 15 is 0 Å². The Kier molecular flexibility index (Phi) is 7.17. The fourth-order valence-corrected chi connectivity index (χ4v) is 4.87. The first-order valence-electron chi connectivity index (χ1n) is 13.8. The Morgan fingerprint density at radius 3 is 0.907 bits per heavy atom. The van der Waals surface area contributed by atoms with Gasteiger partial charge < -0.3 is 0 Å². The second kappa shape index (κ2) is 11.7. The maximum atomic E-state index is 6.18. The molecule has 2 heterocycles. The third-order valence-electron chi connectivity index (χ3n) is 6.88. The van der Waals surface area contributed by atoms with Gasteiger partial charge in [0.25, 0.3) is 0 Å². The predicted molar refractivity (Wildman–Crippen MR) is 171 cm³/mol. The Morgan fingerprint density at radius 1 is 0.279 bits per heavy atom. The van der Waals surface area contributed by atoms with Crippen molar-refractivity contribution < 1.29 is 0 Å². The number of aromatic nitrogens is 6. The number of hydrogen-bond acceptors (Lipinski definition) is 6. The summed E-state index contributed by atoms with van der Waals surface area (Å²) in [6, 6.07) is 45.1. The zero-order chi connectivity index (χ0) is 29.0. The van der Waals surface area contributed by atoms with Crippen molar-refractivity contribution in [2.24, 2.45) is 0 Å². The Bertz CT molecular complexity index is 1960. The van der Waals surface area contributed by atoms with Crippen molar-refractivity contribution in [2.75, 3.05) is 0 Å². The van der Waals surface area contributed by atoms with E-state index in [4.69, 9.17) is 41.5 Å². The Morgan fingerprint density at radius 2 is 0.558 bits per heavy atom. The molecule has 0 amide bonds. The first-order valence-corrected chi connectivity index (χ1v) is 14.1. The van der Waals surface area contributed by atoms with Crippen molar-refractivity contribution in [1.82, 2.24) is 29.9 Å². The molecule has 204 valence electrons. The van der Waals surface area contributed by atoms with E-state index in [-0.39, 0.29) is 0 Å². The van der Waals surface area contributed by atoms with Crippen molar-refractivity contribution in [3.05, 3.63) is 145 Å². The van der Waals surface area contributed by atoms with E-state index in [2.05, 4.69) is 0 Å². The van der Waals surface area contributed by atoms with Crippen LogP contribution in [0.5, 0.6) is 0 Å². The SMILES string of the molecule is Clc1ccc(-c2nc(-c3ccccc3)nc(-c3ccccc3-c3nc(-c4ccccc4)nc(-c4ccccc4)n3)n2)cc1. The lowest BCUT2D eigenvalue weighted by Crippen LogP contribution is -2.03.